The van der Waals surface area contributed by atoms with E-state index in [0.717, 1.165) is 27.7 Å². The Balaban J connectivity index is 1.65. The van der Waals surface area contributed by atoms with Crippen LogP contribution in [0.5, 0.6) is 0 Å². The van der Waals surface area contributed by atoms with Gasteiger partial charge in [-0.25, -0.2) is 4.68 Å². The van der Waals surface area contributed by atoms with Crippen molar-refractivity contribution in [3.8, 4) is 0 Å². The SMILES string of the molecule is CCc1ccccc1NC(=O)CN(C)C(=O)Cn1ncc2ccccc2c1=O. The fourth-order valence-corrected chi connectivity index (χ4v) is 2.93. The summed E-state index contributed by atoms with van der Waals surface area (Å²) in [5, 5.41) is 8.11. The number of carbonyl (C=O) groups excluding carboxylic acids is 2. The highest BCUT2D eigenvalue weighted by atomic mass is 16.2. The van der Waals surface area contributed by atoms with Gasteiger partial charge in [0.05, 0.1) is 18.1 Å². The summed E-state index contributed by atoms with van der Waals surface area (Å²) in [6.07, 6.45) is 2.35. The maximum Gasteiger partial charge on any atom is 0.275 e. The second-order valence-electron chi connectivity index (χ2n) is 6.50. The summed E-state index contributed by atoms with van der Waals surface area (Å²) in [5.74, 6) is -0.667. The van der Waals surface area contributed by atoms with E-state index in [-0.39, 0.29) is 30.5 Å². The van der Waals surface area contributed by atoms with E-state index in [4.69, 9.17) is 0 Å². The lowest BCUT2D eigenvalue weighted by molar-refractivity contribution is -0.134. The molecule has 28 heavy (non-hydrogen) atoms. The Labute approximate surface area is 162 Å². The molecule has 0 radical (unpaired) electrons. The summed E-state index contributed by atoms with van der Waals surface area (Å²) >= 11 is 0. The van der Waals surface area contributed by atoms with Crippen LogP contribution in [0.1, 0.15) is 12.5 Å². The van der Waals surface area contributed by atoms with Crippen LogP contribution in [0.15, 0.2) is 59.5 Å². The number of rotatable bonds is 6. The van der Waals surface area contributed by atoms with Crippen LogP contribution in [0.25, 0.3) is 10.8 Å². The van der Waals surface area contributed by atoms with E-state index < -0.39 is 0 Å². The van der Waals surface area contributed by atoms with Crippen LogP contribution in [-0.4, -0.2) is 40.1 Å². The minimum absolute atomic E-state index is 0.112. The number of para-hydroxylation sites is 1. The molecular formula is C21H22N4O3. The lowest BCUT2D eigenvalue weighted by atomic mass is 10.1. The summed E-state index contributed by atoms with van der Waals surface area (Å²) in [6.45, 7) is 1.67. The predicted molar refractivity (Wildman–Crippen MR) is 108 cm³/mol. The number of hydrogen-bond acceptors (Lipinski definition) is 4. The van der Waals surface area contributed by atoms with E-state index in [9.17, 15) is 14.4 Å². The molecular weight excluding hydrogens is 356 g/mol. The molecule has 0 bridgehead atoms. The Morgan fingerprint density at radius 3 is 2.61 bits per heavy atom. The van der Waals surface area contributed by atoms with Crippen molar-refractivity contribution in [2.75, 3.05) is 18.9 Å². The van der Waals surface area contributed by atoms with Crippen molar-refractivity contribution in [2.24, 2.45) is 0 Å². The first kappa shape index (κ1) is 19.3. The molecule has 3 aromatic rings. The maximum atomic E-state index is 12.5. The van der Waals surface area contributed by atoms with Crippen molar-refractivity contribution in [3.63, 3.8) is 0 Å². The van der Waals surface area contributed by atoms with Crippen LogP contribution < -0.4 is 10.9 Å². The molecule has 0 atom stereocenters. The van der Waals surface area contributed by atoms with Crippen LogP contribution in [0, 0.1) is 0 Å². The normalized spacial score (nSPS) is 10.6. The summed E-state index contributed by atoms with van der Waals surface area (Å²) in [5.41, 5.74) is 1.43. The van der Waals surface area contributed by atoms with E-state index in [0.29, 0.717) is 5.39 Å². The van der Waals surface area contributed by atoms with E-state index in [2.05, 4.69) is 10.4 Å². The van der Waals surface area contributed by atoms with Crippen molar-refractivity contribution in [3.05, 3.63) is 70.6 Å². The van der Waals surface area contributed by atoms with E-state index in [1.165, 1.54) is 11.9 Å². The molecule has 144 valence electrons. The van der Waals surface area contributed by atoms with Crippen molar-refractivity contribution in [1.82, 2.24) is 14.7 Å². The summed E-state index contributed by atoms with van der Waals surface area (Å²) in [7, 11) is 1.53. The number of fused-ring (bicyclic) bond motifs is 1. The zero-order valence-corrected chi connectivity index (χ0v) is 15.9. The lowest BCUT2D eigenvalue weighted by Crippen LogP contribution is -2.39. The van der Waals surface area contributed by atoms with Crippen molar-refractivity contribution >= 4 is 28.3 Å². The van der Waals surface area contributed by atoms with Gasteiger partial charge in [-0.1, -0.05) is 43.3 Å². The van der Waals surface area contributed by atoms with Crippen molar-refractivity contribution in [2.45, 2.75) is 19.9 Å². The quantitative estimate of drug-likeness (QED) is 0.712. The van der Waals surface area contributed by atoms with Crippen LogP contribution in [0.4, 0.5) is 5.69 Å². The molecule has 1 N–H and O–H groups in total. The largest absolute Gasteiger partial charge is 0.335 e. The molecule has 0 saturated heterocycles. The first-order chi connectivity index (χ1) is 13.5. The number of anilines is 1. The molecule has 2 aromatic carbocycles. The van der Waals surface area contributed by atoms with Gasteiger partial charge in [0, 0.05) is 18.1 Å². The van der Waals surface area contributed by atoms with E-state index in [1.54, 1.807) is 24.4 Å². The maximum absolute atomic E-state index is 12.5. The molecule has 0 saturated carbocycles. The third-order valence-electron chi connectivity index (χ3n) is 4.53. The molecule has 0 unspecified atom stereocenters. The summed E-state index contributed by atoms with van der Waals surface area (Å²) in [6, 6.07) is 14.6. The number of amides is 2. The minimum atomic E-state index is -0.371. The van der Waals surface area contributed by atoms with Crippen molar-refractivity contribution < 1.29 is 9.59 Å². The van der Waals surface area contributed by atoms with Gasteiger partial charge in [-0.15, -0.1) is 0 Å². The van der Waals surface area contributed by atoms with Gasteiger partial charge >= 0.3 is 0 Å². The average molecular weight is 378 g/mol. The number of aryl methyl sites for hydroxylation is 1. The highest BCUT2D eigenvalue weighted by Gasteiger charge is 2.16. The Morgan fingerprint density at radius 2 is 1.82 bits per heavy atom. The number of hydrogen-bond donors (Lipinski definition) is 1. The molecule has 3 rings (SSSR count). The zero-order valence-electron chi connectivity index (χ0n) is 15.9. The van der Waals surface area contributed by atoms with Crippen LogP contribution >= 0.6 is 0 Å². The third-order valence-corrected chi connectivity index (χ3v) is 4.53. The fraction of sp³-hybridized carbons (Fsp3) is 0.238. The Morgan fingerprint density at radius 1 is 1.11 bits per heavy atom. The van der Waals surface area contributed by atoms with Gasteiger partial charge in [0.15, 0.2) is 0 Å². The van der Waals surface area contributed by atoms with Crippen LogP contribution in [0.2, 0.25) is 0 Å². The van der Waals surface area contributed by atoms with E-state index in [1.807, 2.05) is 37.3 Å². The molecule has 0 aliphatic heterocycles. The fourth-order valence-electron chi connectivity index (χ4n) is 2.93. The first-order valence-electron chi connectivity index (χ1n) is 9.06. The topological polar surface area (TPSA) is 84.3 Å². The molecule has 2 amide bonds. The number of nitrogens with one attached hydrogen (secondary N) is 1. The van der Waals surface area contributed by atoms with Gasteiger partial charge in [0.1, 0.15) is 6.54 Å². The van der Waals surface area contributed by atoms with Crippen LogP contribution in [-0.2, 0) is 22.6 Å². The van der Waals surface area contributed by atoms with Crippen molar-refractivity contribution in [1.29, 1.82) is 0 Å². The van der Waals surface area contributed by atoms with Gasteiger partial charge in [-0.3, -0.25) is 14.4 Å². The lowest BCUT2D eigenvalue weighted by Gasteiger charge is -2.18. The predicted octanol–water partition coefficient (Wildman–Crippen LogP) is 2.06. The number of aromatic nitrogens is 2. The second-order valence-corrected chi connectivity index (χ2v) is 6.50. The summed E-state index contributed by atoms with van der Waals surface area (Å²) < 4.78 is 1.12. The smallest absolute Gasteiger partial charge is 0.275 e. The minimum Gasteiger partial charge on any atom is -0.335 e. The second kappa shape index (κ2) is 8.47. The molecule has 0 aliphatic carbocycles. The third kappa shape index (κ3) is 4.25. The highest BCUT2D eigenvalue weighted by molar-refractivity contribution is 5.95. The standard InChI is InChI=1S/C21H22N4O3/c1-3-15-8-5-7-11-18(15)23-19(26)13-24(2)20(27)14-25-21(28)17-10-6-4-9-16(17)12-22-25/h4-12H,3,13-14H2,1-2H3,(H,23,26). The van der Waals surface area contributed by atoms with Gasteiger partial charge < -0.3 is 10.2 Å². The molecule has 0 aliphatic rings. The number of nitrogens with zero attached hydrogens (tertiary/aromatic N) is 3. The monoisotopic (exact) mass is 378 g/mol. The molecule has 7 nitrogen and oxygen atoms in total. The van der Waals surface area contributed by atoms with Gasteiger partial charge in [0.2, 0.25) is 11.8 Å². The Kier molecular flexibility index (Phi) is 5.84. The zero-order chi connectivity index (χ0) is 20.1. The Bertz CT molecular complexity index is 1070. The van der Waals surface area contributed by atoms with Crippen LogP contribution in [0.3, 0.4) is 0 Å². The number of likely N-dealkylation sites (N-methyl/N-ethyl adjacent to an activating group) is 1. The van der Waals surface area contributed by atoms with E-state index >= 15 is 0 Å². The van der Waals surface area contributed by atoms with Gasteiger partial charge in [0.25, 0.3) is 5.56 Å². The first-order valence-corrected chi connectivity index (χ1v) is 9.06. The average Bonchev–Trinajstić information content (AvgIpc) is 2.70. The van der Waals surface area contributed by atoms with Gasteiger partial charge in [-0.2, -0.15) is 5.10 Å². The number of benzene rings is 2. The summed E-state index contributed by atoms with van der Waals surface area (Å²) in [4.78, 5) is 38.5. The number of carbonyl (C=O) groups is 2. The van der Waals surface area contributed by atoms with Gasteiger partial charge in [-0.05, 0) is 24.1 Å². The molecule has 0 spiro atoms. The Hall–Kier alpha value is -3.48. The highest BCUT2D eigenvalue weighted by Crippen LogP contribution is 2.15. The molecule has 7 heteroatoms. The molecule has 1 heterocycles. The molecule has 0 fully saturated rings. The molecule has 1 aromatic heterocycles.